The normalized spacial score (nSPS) is 32.2. The summed E-state index contributed by atoms with van der Waals surface area (Å²) in [6.45, 7) is -3.67. The molecule has 3 aliphatic heterocycles. The van der Waals surface area contributed by atoms with Crippen LogP contribution < -0.4 is 15.1 Å². The first-order valence-corrected chi connectivity index (χ1v) is 11.3. The number of nitrogens with zero attached hydrogens (tertiary/aromatic N) is 5. The molecule has 196 valence electrons. The summed E-state index contributed by atoms with van der Waals surface area (Å²) >= 11 is 0. The van der Waals surface area contributed by atoms with Crippen LogP contribution in [-0.4, -0.2) is 74.9 Å². The van der Waals surface area contributed by atoms with E-state index in [0.717, 1.165) is 11.0 Å². The number of hydrogen-bond donors (Lipinski definition) is 2. The summed E-state index contributed by atoms with van der Waals surface area (Å²) < 4.78 is 51.0. The van der Waals surface area contributed by atoms with Gasteiger partial charge in [-0.25, -0.2) is 14.0 Å². The summed E-state index contributed by atoms with van der Waals surface area (Å²) in [6.07, 6.45) is -5.30. The molecule has 1 aromatic carbocycles. The number of piperidine rings is 1. The van der Waals surface area contributed by atoms with Crippen LogP contribution in [0.25, 0.3) is 10.9 Å². The van der Waals surface area contributed by atoms with Crippen LogP contribution in [0.3, 0.4) is 0 Å². The maximum Gasteiger partial charge on any atom is 0.336 e. The van der Waals surface area contributed by atoms with Gasteiger partial charge in [-0.3, -0.25) is 29.3 Å². The summed E-state index contributed by atoms with van der Waals surface area (Å²) in [5.41, 5.74) is -2.69. The molecule has 0 radical (unpaired) electrons. The van der Waals surface area contributed by atoms with E-state index in [9.17, 15) is 29.1 Å². The smallest absolute Gasteiger partial charge is 0.336 e. The lowest BCUT2D eigenvalue weighted by atomic mass is 9.88. The van der Waals surface area contributed by atoms with E-state index in [1.54, 1.807) is 0 Å². The Hall–Kier alpha value is -4.07. The fourth-order valence-electron chi connectivity index (χ4n) is 4.24. The van der Waals surface area contributed by atoms with E-state index in [1.165, 1.54) is 22.7 Å². The van der Waals surface area contributed by atoms with Crippen molar-refractivity contribution < 1.29 is 43.8 Å². The summed E-state index contributed by atoms with van der Waals surface area (Å²) in [4.78, 5) is 66.6. The molecule has 4 atom stereocenters. The van der Waals surface area contributed by atoms with Crippen LogP contribution in [0.4, 0.5) is 20.7 Å². The van der Waals surface area contributed by atoms with E-state index in [4.69, 9.17) is 10.3 Å². The third-order valence-corrected chi connectivity index (χ3v) is 6.16. The molecule has 3 fully saturated rings. The number of aromatic nitrogens is 2. The van der Waals surface area contributed by atoms with Gasteiger partial charge in [-0.05, 0) is 24.9 Å². The number of halogens is 1. The number of rotatable bonds is 5. The van der Waals surface area contributed by atoms with E-state index in [1.807, 2.05) is 0 Å². The molecule has 0 spiro atoms. The number of aliphatic hydroxyl groups is 1. The number of amides is 5. The van der Waals surface area contributed by atoms with E-state index < -0.39 is 73.4 Å². The third-order valence-electron chi connectivity index (χ3n) is 6.16. The van der Waals surface area contributed by atoms with Crippen molar-refractivity contribution in [3.63, 3.8) is 0 Å². The van der Waals surface area contributed by atoms with Crippen LogP contribution in [0, 0.1) is 5.82 Å². The van der Waals surface area contributed by atoms with Crippen molar-refractivity contribution in [3.05, 3.63) is 17.9 Å². The van der Waals surface area contributed by atoms with Gasteiger partial charge in [0.15, 0.2) is 5.82 Å². The second-order valence-corrected chi connectivity index (χ2v) is 8.77. The Morgan fingerprint density at radius 1 is 1.19 bits per heavy atom. The molecule has 1 aromatic heterocycles. The number of fused-ring (bicyclic) bond motifs is 1. The second-order valence-electron chi connectivity index (χ2n) is 8.77. The minimum Gasteiger partial charge on any atom is -0.389 e. The van der Waals surface area contributed by atoms with Gasteiger partial charge in [-0.2, -0.15) is 5.10 Å². The average molecular weight is 521 g/mol. The average Bonchev–Trinajstić information content (AvgIpc) is 3.39. The Balaban J connectivity index is 1.43. The van der Waals surface area contributed by atoms with Crippen LogP contribution in [0.2, 0.25) is 0 Å². The van der Waals surface area contributed by atoms with Gasteiger partial charge in [0.1, 0.15) is 5.82 Å². The van der Waals surface area contributed by atoms with E-state index in [0.29, 0.717) is 0 Å². The molecule has 4 unspecified atom stereocenters. The largest absolute Gasteiger partial charge is 0.389 e. The molecule has 0 bridgehead atoms. The zero-order valence-corrected chi connectivity index (χ0v) is 19.5. The standard InChI is InChI=1S/C23H25FN6O7/c1-27-15-11-16(14(24)10-13(15)21(26-27)29-7-4-17(31)25-22(29)35)28-8-5-23(36,6-9-28)12-20(34)37-30-18(32)2-3-19(30)33/h10-11,36H,2-9,12H2,1H3,(H,25,31,35)/i5D,6D,8D,9D. The molecule has 0 saturated carbocycles. The molecular weight excluding hydrogens is 491 g/mol. The number of hydroxylamine groups is 2. The molecule has 37 heavy (non-hydrogen) atoms. The Labute approximate surface area is 215 Å². The highest BCUT2D eigenvalue weighted by Crippen LogP contribution is 2.35. The number of benzene rings is 1. The number of urea groups is 1. The lowest BCUT2D eigenvalue weighted by Gasteiger charge is -2.39. The summed E-state index contributed by atoms with van der Waals surface area (Å²) in [5.74, 6) is -4.21. The van der Waals surface area contributed by atoms with Gasteiger partial charge >= 0.3 is 12.0 Å². The van der Waals surface area contributed by atoms with Gasteiger partial charge in [0.05, 0.1) is 23.2 Å². The molecule has 3 aliphatic rings. The molecule has 5 rings (SSSR count). The molecule has 0 aliphatic carbocycles. The molecule has 13 nitrogen and oxygen atoms in total. The second kappa shape index (κ2) is 9.10. The lowest BCUT2D eigenvalue weighted by Crippen LogP contribution is -2.49. The van der Waals surface area contributed by atoms with Crippen molar-refractivity contribution in [2.45, 2.75) is 44.1 Å². The highest BCUT2D eigenvalue weighted by Gasteiger charge is 2.39. The molecule has 4 heterocycles. The predicted molar refractivity (Wildman–Crippen MR) is 124 cm³/mol. The fraction of sp³-hybridized carbons (Fsp3) is 0.478. The van der Waals surface area contributed by atoms with Crippen LogP contribution in [0.15, 0.2) is 12.1 Å². The number of imide groups is 2. The van der Waals surface area contributed by atoms with Gasteiger partial charge in [0.25, 0.3) is 11.8 Å². The third kappa shape index (κ3) is 4.59. The predicted octanol–water partition coefficient (Wildman–Crippen LogP) is 0.487. The number of hydrogen-bond acceptors (Lipinski definition) is 9. The maximum atomic E-state index is 15.6. The molecule has 3 saturated heterocycles. The number of anilines is 2. The fourth-order valence-corrected chi connectivity index (χ4v) is 4.24. The number of aryl methyl sites for hydroxylation is 1. The highest BCUT2D eigenvalue weighted by molar-refractivity contribution is 6.09. The topological polar surface area (TPSA) is 154 Å². The Morgan fingerprint density at radius 3 is 2.51 bits per heavy atom. The van der Waals surface area contributed by atoms with Crippen LogP contribution in [-0.2, 0) is 31.1 Å². The van der Waals surface area contributed by atoms with Gasteiger partial charge in [-0.15, -0.1) is 5.06 Å². The van der Waals surface area contributed by atoms with Gasteiger partial charge in [-0.1, -0.05) is 0 Å². The van der Waals surface area contributed by atoms with Crippen molar-refractivity contribution in [1.82, 2.24) is 20.2 Å². The minimum atomic E-state index is -2.61. The van der Waals surface area contributed by atoms with E-state index >= 15 is 4.39 Å². The summed E-state index contributed by atoms with van der Waals surface area (Å²) in [6, 6.07) is 1.53. The summed E-state index contributed by atoms with van der Waals surface area (Å²) in [5, 5.41) is 18.0. The van der Waals surface area contributed by atoms with E-state index in [2.05, 4.69) is 10.4 Å². The molecule has 2 aromatic rings. The van der Waals surface area contributed by atoms with Gasteiger partial charge in [0, 0.05) is 56.8 Å². The van der Waals surface area contributed by atoms with Crippen molar-refractivity contribution in [1.29, 1.82) is 0 Å². The van der Waals surface area contributed by atoms with Crippen LogP contribution in [0.1, 0.15) is 44.0 Å². The maximum absolute atomic E-state index is 15.6. The summed E-state index contributed by atoms with van der Waals surface area (Å²) in [7, 11) is 1.51. The molecule has 5 amide bonds. The number of nitrogens with one attached hydrogen (secondary N) is 1. The van der Waals surface area contributed by atoms with Gasteiger partial charge in [0.2, 0.25) is 5.91 Å². The van der Waals surface area contributed by atoms with Crippen LogP contribution >= 0.6 is 0 Å². The van der Waals surface area contributed by atoms with Crippen molar-refractivity contribution in [2.24, 2.45) is 7.05 Å². The quantitative estimate of drug-likeness (QED) is 0.536. The molecular formula is C23H25FN6O7. The first-order valence-electron chi connectivity index (χ1n) is 13.6. The first-order chi connectivity index (χ1) is 19.2. The Kier molecular flexibility index (Phi) is 4.93. The van der Waals surface area contributed by atoms with Crippen molar-refractivity contribution in [2.75, 3.05) is 29.4 Å². The minimum absolute atomic E-state index is 0.00999. The SMILES string of the molecule is [2H]C1C([2H])C(O)(CC(=O)ON2C(=O)CCC2=O)C([2H])C([2H])N1c1cc2c(cc1F)c(N1CCC(=O)NC1=O)nn2C. The zero-order valence-electron chi connectivity index (χ0n) is 23.5. The molecule has 2 N–H and O–H groups in total. The highest BCUT2D eigenvalue weighted by atomic mass is 19.1. The monoisotopic (exact) mass is 520 g/mol. The number of carbonyl (C=O) groups excluding carboxylic acids is 5. The van der Waals surface area contributed by atoms with Gasteiger partial charge < -0.3 is 14.8 Å². The van der Waals surface area contributed by atoms with Crippen molar-refractivity contribution >= 4 is 52.1 Å². The van der Waals surface area contributed by atoms with E-state index in [-0.39, 0.29) is 53.3 Å². The van der Waals surface area contributed by atoms with Crippen molar-refractivity contribution in [3.8, 4) is 0 Å². The lowest BCUT2D eigenvalue weighted by molar-refractivity contribution is -0.200. The Morgan fingerprint density at radius 2 is 1.86 bits per heavy atom. The first kappa shape index (κ1) is 20.0. The Bertz CT molecular complexity index is 1460. The zero-order chi connectivity index (χ0) is 30.0. The number of carbonyl (C=O) groups is 5. The van der Waals surface area contributed by atoms with Crippen LogP contribution in [0.5, 0.6) is 0 Å². The molecule has 14 heteroatoms.